The average Bonchev–Trinajstić information content (AvgIpc) is 2.16. The van der Waals surface area contributed by atoms with Crippen molar-refractivity contribution in [2.45, 2.75) is 6.92 Å². The smallest absolute Gasteiger partial charge is 0.339 e. The first-order valence-electron chi connectivity index (χ1n) is 4.16. The first-order chi connectivity index (χ1) is 6.57. The Labute approximate surface area is 80.8 Å². The van der Waals surface area contributed by atoms with Gasteiger partial charge in [0.1, 0.15) is 5.56 Å². The van der Waals surface area contributed by atoms with Crippen molar-refractivity contribution < 1.29 is 20.1 Å². The number of quaternary nitrogens is 1. The predicted molar refractivity (Wildman–Crippen MR) is 49.6 cm³/mol. The van der Waals surface area contributed by atoms with Gasteiger partial charge in [-0.05, 0) is 13.0 Å². The van der Waals surface area contributed by atoms with Gasteiger partial charge >= 0.3 is 5.97 Å². The number of rotatable bonds is 3. The maximum absolute atomic E-state index is 11.3. The lowest BCUT2D eigenvalue weighted by Crippen LogP contribution is -3.01. The standard InChI is InChI=1S/C9H11NO4/c1-2-10(14)7-5-3-4-6(8(7)11)9(12)13/h3-5,10-11H,2H2,1H3,(H,12,13). The van der Waals surface area contributed by atoms with E-state index in [9.17, 15) is 15.1 Å². The van der Waals surface area contributed by atoms with Crippen LogP contribution in [0.5, 0.6) is 5.75 Å². The molecule has 76 valence electrons. The van der Waals surface area contributed by atoms with E-state index in [1.54, 1.807) is 6.92 Å². The second-order valence-electron chi connectivity index (χ2n) is 2.78. The molecule has 0 aliphatic heterocycles. The molecule has 5 heteroatoms. The largest absolute Gasteiger partial charge is 0.629 e. The summed E-state index contributed by atoms with van der Waals surface area (Å²) in [6, 6.07) is 4.10. The number of carboxylic acid groups (broad SMARTS) is 1. The van der Waals surface area contributed by atoms with Gasteiger partial charge in [0.25, 0.3) is 0 Å². The van der Waals surface area contributed by atoms with E-state index in [2.05, 4.69) is 0 Å². The zero-order valence-corrected chi connectivity index (χ0v) is 7.65. The van der Waals surface area contributed by atoms with Gasteiger partial charge in [0.05, 0.1) is 6.54 Å². The molecule has 0 fully saturated rings. The lowest BCUT2D eigenvalue weighted by molar-refractivity contribution is -0.774. The zero-order chi connectivity index (χ0) is 10.7. The molecule has 1 aromatic carbocycles. The molecule has 14 heavy (non-hydrogen) atoms. The molecule has 0 aliphatic rings. The number of carbonyl (C=O) groups is 1. The molecule has 0 saturated heterocycles. The summed E-state index contributed by atoms with van der Waals surface area (Å²) in [5, 5.41) is 29.1. The Morgan fingerprint density at radius 1 is 1.57 bits per heavy atom. The van der Waals surface area contributed by atoms with Crippen molar-refractivity contribution in [1.82, 2.24) is 0 Å². The minimum atomic E-state index is -1.24. The van der Waals surface area contributed by atoms with Gasteiger partial charge < -0.3 is 20.5 Å². The van der Waals surface area contributed by atoms with E-state index in [0.717, 1.165) is 0 Å². The summed E-state index contributed by atoms with van der Waals surface area (Å²) >= 11 is 0. The highest BCUT2D eigenvalue weighted by Gasteiger charge is 2.16. The van der Waals surface area contributed by atoms with Gasteiger partial charge in [-0.15, -0.1) is 0 Å². The fourth-order valence-corrected chi connectivity index (χ4v) is 1.13. The fourth-order valence-electron chi connectivity index (χ4n) is 1.13. The molecule has 0 aliphatic carbocycles. The van der Waals surface area contributed by atoms with Crippen LogP contribution in [-0.2, 0) is 0 Å². The Hall–Kier alpha value is -1.59. The average molecular weight is 197 g/mol. The van der Waals surface area contributed by atoms with Gasteiger partial charge in [-0.25, -0.2) is 4.79 Å². The number of nitrogens with one attached hydrogen (secondary N) is 1. The first-order valence-corrected chi connectivity index (χ1v) is 4.16. The van der Waals surface area contributed by atoms with Crippen LogP contribution in [0.15, 0.2) is 18.2 Å². The Balaban J connectivity index is 3.20. The summed E-state index contributed by atoms with van der Waals surface area (Å²) in [5.74, 6) is -1.69. The normalized spacial score (nSPS) is 12.4. The molecule has 1 unspecified atom stereocenters. The molecule has 0 bridgehead atoms. The van der Waals surface area contributed by atoms with E-state index >= 15 is 0 Å². The molecule has 0 radical (unpaired) electrons. The quantitative estimate of drug-likeness (QED) is 0.474. The molecule has 1 atom stereocenters. The second-order valence-corrected chi connectivity index (χ2v) is 2.78. The molecule has 0 aromatic heterocycles. The number of hydroxylamine groups is 1. The highest BCUT2D eigenvalue weighted by molar-refractivity contribution is 5.92. The van der Waals surface area contributed by atoms with Gasteiger partial charge in [-0.3, -0.25) is 0 Å². The van der Waals surface area contributed by atoms with Crippen molar-refractivity contribution in [2.24, 2.45) is 0 Å². The maximum atomic E-state index is 11.3. The van der Waals surface area contributed by atoms with Crippen LogP contribution < -0.4 is 5.06 Å². The van der Waals surface area contributed by atoms with Crippen LogP contribution in [0.1, 0.15) is 17.3 Å². The third-order valence-corrected chi connectivity index (χ3v) is 1.89. The van der Waals surface area contributed by atoms with E-state index in [1.165, 1.54) is 18.2 Å². The van der Waals surface area contributed by atoms with Gasteiger partial charge in [0.2, 0.25) is 0 Å². The Morgan fingerprint density at radius 2 is 2.21 bits per heavy atom. The molecule has 0 spiro atoms. The minimum Gasteiger partial charge on any atom is -0.629 e. The maximum Gasteiger partial charge on any atom is 0.339 e. The van der Waals surface area contributed by atoms with Crippen LogP contribution in [0.25, 0.3) is 0 Å². The van der Waals surface area contributed by atoms with Crippen molar-refractivity contribution in [3.8, 4) is 5.75 Å². The summed E-state index contributed by atoms with van der Waals surface area (Å²) in [7, 11) is 0. The highest BCUT2D eigenvalue weighted by Crippen LogP contribution is 2.23. The van der Waals surface area contributed by atoms with Crippen LogP contribution in [-0.4, -0.2) is 22.7 Å². The van der Waals surface area contributed by atoms with Gasteiger partial charge in [0.15, 0.2) is 11.4 Å². The van der Waals surface area contributed by atoms with Crippen LogP contribution in [0, 0.1) is 5.21 Å². The van der Waals surface area contributed by atoms with Crippen molar-refractivity contribution in [3.05, 3.63) is 29.0 Å². The number of hydrogen-bond donors (Lipinski definition) is 3. The molecule has 0 heterocycles. The molecular formula is C9H11NO4. The Bertz CT molecular complexity index is 351. The fraction of sp³-hybridized carbons (Fsp3) is 0.222. The topological polar surface area (TPSA) is 85.0 Å². The van der Waals surface area contributed by atoms with Crippen LogP contribution >= 0.6 is 0 Å². The molecule has 0 saturated carbocycles. The number of aromatic carboxylic acids is 1. The lowest BCUT2D eigenvalue weighted by Gasteiger charge is -2.20. The molecule has 1 rings (SSSR count). The molecule has 1 aromatic rings. The highest BCUT2D eigenvalue weighted by atomic mass is 16.5. The summed E-state index contributed by atoms with van der Waals surface area (Å²) in [5.41, 5.74) is -0.184. The van der Waals surface area contributed by atoms with Crippen molar-refractivity contribution >= 4 is 11.7 Å². The summed E-state index contributed by atoms with van der Waals surface area (Å²) in [6.45, 7) is 1.88. The number of phenols is 1. The van der Waals surface area contributed by atoms with E-state index in [-0.39, 0.29) is 22.9 Å². The van der Waals surface area contributed by atoms with Gasteiger partial charge in [0, 0.05) is 6.07 Å². The molecular weight excluding hydrogens is 186 g/mol. The third-order valence-electron chi connectivity index (χ3n) is 1.89. The Morgan fingerprint density at radius 3 is 2.71 bits per heavy atom. The lowest BCUT2D eigenvalue weighted by atomic mass is 10.1. The summed E-state index contributed by atoms with van der Waals surface area (Å²) in [6.07, 6.45) is 0. The summed E-state index contributed by atoms with van der Waals surface area (Å²) in [4.78, 5) is 10.6. The van der Waals surface area contributed by atoms with Crippen molar-refractivity contribution in [1.29, 1.82) is 0 Å². The monoisotopic (exact) mass is 197 g/mol. The second kappa shape index (κ2) is 4.08. The van der Waals surface area contributed by atoms with E-state index in [0.29, 0.717) is 0 Å². The first kappa shape index (κ1) is 10.5. The number of hydrogen-bond acceptors (Lipinski definition) is 3. The van der Waals surface area contributed by atoms with Crippen LogP contribution in [0.4, 0.5) is 5.69 Å². The number of aromatic hydroxyl groups is 1. The van der Waals surface area contributed by atoms with E-state index in [1.807, 2.05) is 0 Å². The van der Waals surface area contributed by atoms with Crippen LogP contribution in [0.2, 0.25) is 0 Å². The van der Waals surface area contributed by atoms with Crippen molar-refractivity contribution in [3.63, 3.8) is 0 Å². The number of benzene rings is 1. The molecule has 3 N–H and O–H groups in total. The van der Waals surface area contributed by atoms with Crippen LogP contribution in [0.3, 0.4) is 0 Å². The van der Waals surface area contributed by atoms with E-state index < -0.39 is 11.7 Å². The number of para-hydroxylation sites is 1. The van der Waals surface area contributed by atoms with Gasteiger partial charge in [-0.1, -0.05) is 6.07 Å². The zero-order valence-electron chi connectivity index (χ0n) is 7.65. The van der Waals surface area contributed by atoms with Gasteiger partial charge in [-0.2, -0.15) is 0 Å². The minimum absolute atomic E-state index is 0.0624. The molecule has 0 amide bonds. The molecule has 5 nitrogen and oxygen atoms in total. The third kappa shape index (κ3) is 1.84. The number of carboxylic acids is 1. The van der Waals surface area contributed by atoms with Crippen molar-refractivity contribution in [2.75, 3.05) is 6.54 Å². The Kier molecular flexibility index (Phi) is 3.06. The van der Waals surface area contributed by atoms with E-state index in [4.69, 9.17) is 5.11 Å². The summed E-state index contributed by atoms with van der Waals surface area (Å²) < 4.78 is 0. The SMILES string of the molecule is CC[NH+]([O-])c1cccc(C(=O)O)c1O. The predicted octanol–water partition coefficient (Wildman–Crippen LogP) is 0.124.